The lowest BCUT2D eigenvalue weighted by molar-refractivity contribution is -0.00517. The summed E-state index contributed by atoms with van der Waals surface area (Å²) in [6, 6.07) is -0.00365. The van der Waals surface area contributed by atoms with Gasteiger partial charge in [0.05, 0.1) is 6.10 Å². The third-order valence-corrected chi connectivity index (χ3v) is 5.54. The van der Waals surface area contributed by atoms with Crippen LogP contribution in [0.3, 0.4) is 0 Å². The highest BCUT2D eigenvalue weighted by Gasteiger charge is 2.36. The summed E-state index contributed by atoms with van der Waals surface area (Å²) in [5, 5.41) is 9.15. The average Bonchev–Trinajstić information content (AvgIpc) is 2.36. The Hall–Kier alpha value is -0.210. The highest BCUT2D eigenvalue weighted by atomic mass is 32.2. The first-order valence-corrected chi connectivity index (χ1v) is 8.49. The molecule has 1 heterocycles. The minimum Gasteiger partial charge on any atom is -0.396 e. The number of nitrogens with one attached hydrogen (secondary N) is 1. The Labute approximate surface area is 115 Å². The van der Waals surface area contributed by atoms with Crippen molar-refractivity contribution >= 4 is 10.2 Å². The molecule has 1 saturated heterocycles. The summed E-state index contributed by atoms with van der Waals surface area (Å²) < 4.78 is 34.0. The first kappa shape index (κ1) is 15.2. The van der Waals surface area contributed by atoms with Crippen molar-refractivity contribution in [1.82, 2.24) is 9.03 Å². The number of aliphatic hydroxyl groups is 1. The van der Waals surface area contributed by atoms with Crippen molar-refractivity contribution in [3.8, 4) is 0 Å². The van der Waals surface area contributed by atoms with E-state index in [1.165, 1.54) is 4.31 Å². The molecule has 0 aromatic heterocycles. The van der Waals surface area contributed by atoms with E-state index in [-0.39, 0.29) is 24.7 Å². The third-order valence-electron chi connectivity index (χ3n) is 3.89. The van der Waals surface area contributed by atoms with Crippen molar-refractivity contribution in [2.45, 2.75) is 44.8 Å². The zero-order valence-electron chi connectivity index (χ0n) is 11.4. The zero-order valence-corrected chi connectivity index (χ0v) is 12.2. The number of hydrogen-bond donors (Lipinski definition) is 2. The molecule has 19 heavy (non-hydrogen) atoms. The first-order chi connectivity index (χ1) is 9.05. The van der Waals surface area contributed by atoms with Gasteiger partial charge in [0.1, 0.15) is 0 Å². The van der Waals surface area contributed by atoms with Crippen LogP contribution in [0.15, 0.2) is 0 Å². The molecular weight excluding hydrogens is 268 g/mol. The van der Waals surface area contributed by atoms with Crippen molar-refractivity contribution in [2.24, 2.45) is 5.92 Å². The van der Waals surface area contributed by atoms with E-state index in [0.29, 0.717) is 19.7 Å². The standard InChI is InChI=1S/C12H24N2O4S/c1-2-18-12-6-11(7-12)13-19(16,17)14-5-3-4-10(8-14)9-15/h10-13,15H,2-9H2,1H3. The van der Waals surface area contributed by atoms with Gasteiger partial charge in [0.25, 0.3) is 10.2 Å². The van der Waals surface area contributed by atoms with Gasteiger partial charge < -0.3 is 9.84 Å². The Balaban J connectivity index is 1.82. The van der Waals surface area contributed by atoms with Crippen molar-refractivity contribution in [3.05, 3.63) is 0 Å². The van der Waals surface area contributed by atoms with Gasteiger partial charge in [-0.05, 0) is 38.5 Å². The molecule has 6 nitrogen and oxygen atoms in total. The van der Waals surface area contributed by atoms with E-state index in [9.17, 15) is 8.42 Å². The second-order valence-electron chi connectivity index (χ2n) is 5.42. The molecule has 1 atom stereocenters. The van der Waals surface area contributed by atoms with Crippen LogP contribution in [-0.2, 0) is 14.9 Å². The van der Waals surface area contributed by atoms with Crippen LogP contribution < -0.4 is 4.72 Å². The molecule has 2 fully saturated rings. The van der Waals surface area contributed by atoms with E-state index in [4.69, 9.17) is 9.84 Å². The first-order valence-electron chi connectivity index (χ1n) is 7.05. The van der Waals surface area contributed by atoms with Gasteiger partial charge in [-0.15, -0.1) is 0 Å². The van der Waals surface area contributed by atoms with E-state index in [1.807, 2.05) is 6.92 Å². The minimum absolute atomic E-state index is 0.00365. The monoisotopic (exact) mass is 292 g/mol. The summed E-state index contributed by atoms with van der Waals surface area (Å²) in [7, 11) is -3.41. The van der Waals surface area contributed by atoms with Crippen LogP contribution in [-0.4, -0.2) is 56.3 Å². The Morgan fingerprint density at radius 3 is 2.79 bits per heavy atom. The number of aliphatic hydroxyl groups excluding tert-OH is 1. The van der Waals surface area contributed by atoms with Crippen LogP contribution in [0, 0.1) is 5.92 Å². The number of ether oxygens (including phenoxy) is 1. The summed E-state index contributed by atoms with van der Waals surface area (Å²) in [6.45, 7) is 3.65. The van der Waals surface area contributed by atoms with Gasteiger partial charge in [-0.2, -0.15) is 17.4 Å². The molecule has 1 aliphatic carbocycles. The minimum atomic E-state index is -3.41. The largest absolute Gasteiger partial charge is 0.396 e. The molecule has 0 aromatic rings. The topological polar surface area (TPSA) is 78.9 Å². The van der Waals surface area contributed by atoms with Gasteiger partial charge in [-0.25, -0.2) is 0 Å². The predicted molar refractivity (Wildman–Crippen MR) is 71.9 cm³/mol. The Morgan fingerprint density at radius 2 is 2.16 bits per heavy atom. The lowest BCUT2D eigenvalue weighted by Crippen LogP contribution is -2.54. The number of rotatable bonds is 6. The van der Waals surface area contributed by atoms with Gasteiger partial charge in [0.15, 0.2) is 0 Å². The molecule has 1 unspecified atom stereocenters. The summed E-state index contributed by atoms with van der Waals surface area (Å²) in [6.07, 6.45) is 3.43. The van der Waals surface area contributed by atoms with Crippen LogP contribution in [0.5, 0.6) is 0 Å². The van der Waals surface area contributed by atoms with Crippen LogP contribution >= 0.6 is 0 Å². The molecule has 2 N–H and O–H groups in total. The van der Waals surface area contributed by atoms with E-state index in [0.717, 1.165) is 25.7 Å². The number of piperidine rings is 1. The summed E-state index contributed by atoms with van der Waals surface area (Å²) in [5.74, 6) is 0.0721. The summed E-state index contributed by atoms with van der Waals surface area (Å²) >= 11 is 0. The van der Waals surface area contributed by atoms with E-state index < -0.39 is 10.2 Å². The second-order valence-corrected chi connectivity index (χ2v) is 7.12. The van der Waals surface area contributed by atoms with Crippen molar-refractivity contribution < 1.29 is 18.3 Å². The molecule has 2 aliphatic rings. The SMILES string of the molecule is CCOC1CC(NS(=O)(=O)N2CCCC(CO)C2)C1. The van der Waals surface area contributed by atoms with Gasteiger partial charge in [0, 0.05) is 32.3 Å². The number of hydrogen-bond acceptors (Lipinski definition) is 4. The van der Waals surface area contributed by atoms with Crippen LogP contribution in [0.4, 0.5) is 0 Å². The predicted octanol–water partition coefficient (Wildman–Crippen LogP) is 0.0926. The second kappa shape index (κ2) is 6.49. The quantitative estimate of drug-likeness (QED) is 0.727. The maximum absolute atomic E-state index is 12.2. The Morgan fingerprint density at radius 1 is 1.42 bits per heavy atom. The molecule has 0 spiro atoms. The molecular formula is C12H24N2O4S. The summed E-state index contributed by atoms with van der Waals surface area (Å²) in [5.41, 5.74) is 0. The molecule has 7 heteroatoms. The lowest BCUT2D eigenvalue weighted by Gasteiger charge is -2.38. The normalized spacial score (nSPS) is 33.1. The average molecular weight is 292 g/mol. The Bertz CT molecular complexity index is 381. The van der Waals surface area contributed by atoms with Crippen molar-refractivity contribution in [3.63, 3.8) is 0 Å². The fraction of sp³-hybridized carbons (Fsp3) is 1.00. The highest BCUT2D eigenvalue weighted by molar-refractivity contribution is 7.87. The van der Waals surface area contributed by atoms with Crippen LogP contribution in [0.2, 0.25) is 0 Å². The molecule has 0 aromatic carbocycles. The van der Waals surface area contributed by atoms with Crippen LogP contribution in [0.1, 0.15) is 32.6 Å². The zero-order chi connectivity index (χ0) is 13.9. The highest BCUT2D eigenvalue weighted by Crippen LogP contribution is 2.25. The molecule has 0 radical (unpaired) electrons. The fourth-order valence-electron chi connectivity index (χ4n) is 2.71. The van der Waals surface area contributed by atoms with Gasteiger partial charge in [-0.1, -0.05) is 0 Å². The maximum Gasteiger partial charge on any atom is 0.279 e. The van der Waals surface area contributed by atoms with Crippen LogP contribution in [0.25, 0.3) is 0 Å². The smallest absolute Gasteiger partial charge is 0.279 e. The Kier molecular flexibility index (Phi) is 5.19. The van der Waals surface area contributed by atoms with E-state index in [2.05, 4.69) is 4.72 Å². The van der Waals surface area contributed by atoms with Gasteiger partial charge in [0.2, 0.25) is 0 Å². The molecule has 1 saturated carbocycles. The van der Waals surface area contributed by atoms with E-state index >= 15 is 0 Å². The molecule has 0 amide bonds. The molecule has 1 aliphatic heterocycles. The van der Waals surface area contributed by atoms with Crippen molar-refractivity contribution in [2.75, 3.05) is 26.3 Å². The van der Waals surface area contributed by atoms with Crippen molar-refractivity contribution in [1.29, 1.82) is 0 Å². The fourth-order valence-corrected chi connectivity index (χ4v) is 4.25. The third kappa shape index (κ3) is 3.88. The van der Waals surface area contributed by atoms with Gasteiger partial charge >= 0.3 is 0 Å². The maximum atomic E-state index is 12.2. The van der Waals surface area contributed by atoms with Gasteiger partial charge in [-0.3, -0.25) is 0 Å². The van der Waals surface area contributed by atoms with E-state index in [1.54, 1.807) is 0 Å². The number of nitrogens with zero attached hydrogens (tertiary/aromatic N) is 1. The summed E-state index contributed by atoms with van der Waals surface area (Å²) in [4.78, 5) is 0. The molecule has 0 bridgehead atoms. The lowest BCUT2D eigenvalue weighted by atomic mass is 9.90. The molecule has 2 rings (SSSR count). The molecule has 112 valence electrons.